The lowest BCUT2D eigenvalue weighted by Crippen LogP contribution is -2.34. The third-order valence-corrected chi connectivity index (χ3v) is 3.62. The highest BCUT2D eigenvalue weighted by Crippen LogP contribution is 2.16. The van der Waals surface area contributed by atoms with E-state index in [4.69, 9.17) is 5.11 Å². The number of hydrogen-bond donors (Lipinski definition) is 1. The zero-order chi connectivity index (χ0) is 17.0. The van der Waals surface area contributed by atoms with Gasteiger partial charge in [0.25, 0.3) is 5.91 Å². The smallest absolute Gasteiger partial charge is 0.308 e. The molecule has 0 fully saturated rings. The molecular formula is C16H20N4O3. The highest BCUT2D eigenvalue weighted by Gasteiger charge is 2.23. The van der Waals surface area contributed by atoms with Crippen LogP contribution in [0.25, 0.3) is 5.82 Å². The largest absolute Gasteiger partial charge is 0.481 e. The van der Waals surface area contributed by atoms with Gasteiger partial charge < -0.3 is 10.0 Å². The number of nitrogens with zero attached hydrogens (tertiary/aromatic N) is 4. The Bertz CT molecular complexity index is 697. The van der Waals surface area contributed by atoms with Crippen LogP contribution in [0.1, 0.15) is 29.9 Å². The van der Waals surface area contributed by atoms with Gasteiger partial charge in [-0.2, -0.15) is 5.10 Å². The van der Waals surface area contributed by atoms with E-state index in [0.717, 1.165) is 5.69 Å². The van der Waals surface area contributed by atoms with Crippen molar-refractivity contribution < 1.29 is 14.7 Å². The van der Waals surface area contributed by atoms with Gasteiger partial charge in [-0.15, -0.1) is 0 Å². The fourth-order valence-electron chi connectivity index (χ4n) is 2.35. The molecule has 0 bridgehead atoms. The molecule has 1 N–H and O–H groups in total. The number of aromatic nitrogens is 3. The van der Waals surface area contributed by atoms with Gasteiger partial charge in [-0.05, 0) is 18.6 Å². The average molecular weight is 316 g/mol. The number of aliphatic carboxylic acids is 1. The van der Waals surface area contributed by atoms with E-state index in [2.05, 4.69) is 10.1 Å². The molecule has 7 nitrogen and oxygen atoms in total. The summed E-state index contributed by atoms with van der Waals surface area (Å²) < 4.78 is 1.64. The fourth-order valence-corrected chi connectivity index (χ4v) is 2.35. The average Bonchev–Trinajstić information content (AvgIpc) is 2.98. The predicted molar refractivity (Wildman–Crippen MR) is 84.5 cm³/mol. The molecule has 0 saturated heterocycles. The summed E-state index contributed by atoms with van der Waals surface area (Å²) in [5.74, 6) is -1.15. The van der Waals surface area contributed by atoms with Crippen molar-refractivity contribution in [1.29, 1.82) is 0 Å². The highest BCUT2D eigenvalue weighted by molar-refractivity contribution is 5.95. The third-order valence-electron chi connectivity index (χ3n) is 3.62. The van der Waals surface area contributed by atoms with E-state index < -0.39 is 11.9 Å². The summed E-state index contributed by atoms with van der Waals surface area (Å²) in [7, 11) is 1.60. The van der Waals surface area contributed by atoms with Crippen LogP contribution >= 0.6 is 0 Å². The highest BCUT2D eigenvalue weighted by atomic mass is 16.4. The first kappa shape index (κ1) is 16.7. The van der Waals surface area contributed by atoms with Crippen molar-refractivity contribution in [2.24, 2.45) is 5.92 Å². The van der Waals surface area contributed by atoms with Gasteiger partial charge in [0.1, 0.15) is 0 Å². The minimum Gasteiger partial charge on any atom is -0.481 e. The first-order valence-corrected chi connectivity index (χ1v) is 7.42. The molecule has 2 heterocycles. The molecule has 2 aromatic heterocycles. The lowest BCUT2D eigenvalue weighted by Gasteiger charge is -2.19. The van der Waals surface area contributed by atoms with Crippen LogP contribution in [0, 0.1) is 5.92 Å². The maximum atomic E-state index is 12.6. The van der Waals surface area contributed by atoms with Crippen LogP contribution in [0.15, 0.2) is 30.6 Å². The first-order valence-electron chi connectivity index (χ1n) is 7.42. The molecule has 23 heavy (non-hydrogen) atoms. The number of carboxylic acids is 1. The second-order valence-corrected chi connectivity index (χ2v) is 5.38. The lowest BCUT2D eigenvalue weighted by atomic mass is 10.1. The minimum atomic E-state index is -0.926. The molecule has 2 rings (SSSR count). The van der Waals surface area contributed by atoms with Crippen LogP contribution in [0.5, 0.6) is 0 Å². The molecule has 1 atom stereocenters. The maximum absolute atomic E-state index is 12.6. The Morgan fingerprint density at radius 2 is 2.13 bits per heavy atom. The molecule has 0 saturated carbocycles. The molecule has 1 amide bonds. The molecule has 0 radical (unpaired) electrons. The minimum absolute atomic E-state index is 0.145. The molecule has 0 aliphatic heterocycles. The molecule has 7 heteroatoms. The Kier molecular flexibility index (Phi) is 5.10. The molecule has 0 aromatic carbocycles. The summed E-state index contributed by atoms with van der Waals surface area (Å²) in [6, 6.07) is 5.48. The van der Waals surface area contributed by atoms with Gasteiger partial charge in [-0.1, -0.05) is 19.9 Å². The van der Waals surface area contributed by atoms with E-state index in [0.29, 0.717) is 17.8 Å². The van der Waals surface area contributed by atoms with Gasteiger partial charge in [-0.3, -0.25) is 9.59 Å². The van der Waals surface area contributed by atoms with Gasteiger partial charge in [0.2, 0.25) is 0 Å². The predicted octanol–water partition coefficient (Wildman–Crippen LogP) is 1.62. The number of carboxylic acid groups (broad SMARTS) is 1. The van der Waals surface area contributed by atoms with Crippen LogP contribution in [-0.2, 0) is 11.2 Å². The van der Waals surface area contributed by atoms with Crippen LogP contribution in [0.3, 0.4) is 0 Å². The monoisotopic (exact) mass is 316 g/mol. The SMILES string of the molecule is CCc1c(C(=O)N(C)CC(C)C(=O)O)cnn1-c1ccccn1. The second-order valence-electron chi connectivity index (χ2n) is 5.38. The Morgan fingerprint density at radius 3 is 2.70 bits per heavy atom. The van der Waals surface area contributed by atoms with Crippen molar-refractivity contribution in [3.8, 4) is 5.82 Å². The van der Waals surface area contributed by atoms with Crippen molar-refractivity contribution >= 4 is 11.9 Å². The van der Waals surface area contributed by atoms with Gasteiger partial charge >= 0.3 is 5.97 Å². The van der Waals surface area contributed by atoms with Crippen LogP contribution < -0.4 is 0 Å². The van der Waals surface area contributed by atoms with Gasteiger partial charge in [0.15, 0.2) is 5.82 Å². The number of carbonyl (C=O) groups is 2. The number of hydrogen-bond acceptors (Lipinski definition) is 4. The third kappa shape index (κ3) is 3.56. The standard InChI is InChI=1S/C16H20N4O3/c1-4-13-12(15(21)19(3)10-11(2)16(22)23)9-18-20(13)14-7-5-6-8-17-14/h5-9,11H,4,10H2,1-3H3,(H,22,23). The lowest BCUT2D eigenvalue weighted by molar-refractivity contribution is -0.141. The molecule has 0 aliphatic rings. The Morgan fingerprint density at radius 1 is 1.39 bits per heavy atom. The van der Waals surface area contributed by atoms with E-state index in [1.807, 2.05) is 25.1 Å². The van der Waals surface area contributed by atoms with E-state index in [-0.39, 0.29) is 12.5 Å². The quantitative estimate of drug-likeness (QED) is 0.875. The Hall–Kier alpha value is -2.70. The summed E-state index contributed by atoms with van der Waals surface area (Å²) >= 11 is 0. The molecule has 0 spiro atoms. The summed E-state index contributed by atoms with van der Waals surface area (Å²) in [6.07, 6.45) is 3.79. The van der Waals surface area contributed by atoms with Crippen LogP contribution in [-0.4, -0.2) is 50.2 Å². The topological polar surface area (TPSA) is 88.3 Å². The van der Waals surface area contributed by atoms with Crippen molar-refractivity contribution in [2.45, 2.75) is 20.3 Å². The second kappa shape index (κ2) is 7.04. The Labute approximate surface area is 134 Å². The summed E-state index contributed by atoms with van der Waals surface area (Å²) in [5.41, 5.74) is 1.22. The summed E-state index contributed by atoms with van der Waals surface area (Å²) in [4.78, 5) is 29.2. The molecule has 122 valence electrons. The normalized spacial score (nSPS) is 12.0. The van der Waals surface area contributed by atoms with Gasteiger partial charge in [0, 0.05) is 19.8 Å². The van der Waals surface area contributed by atoms with Crippen molar-refractivity contribution in [3.63, 3.8) is 0 Å². The van der Waals surface area contributed by atoms with Crippen molar-refractivity contribution in [3.05, 3.63) is 41.9 Å². The zero-order valence-electron chi connectivity index (χ0n) is 13.4. The number of pyridine rings is 1. The summed E-state index contributed by atoms with van der Waals surface area (Å²) in [5, 5.41) is 13.2. The van der Waals surface area contributed by atoms with E-state index in [9.17, 15) is 9.59 Å². The molecule has 2 aromatic rings. The fraction of sp³-hybridized carbons (Fsp3) is 0.375. The summed E-state index contributed by atoms with van der Waals surface area (Å²) in [6.45, 7) is 3.66. The van der Waals surface area contributed by atoms with E-state index in [1.165, 1.54) is 11.1 Å². The van der Waals surface area contributed by atoms with Crippen molar-refractivity contribution in [1.82, 2.24) is 19.7 Å². The van der Waals surface area contributed by atoms with Crippen LogP contribution in [0.4, 0.5) is 0 Å². The molecule has 0 aliphatic carbocycles. The molecule has 1 unspecified atom stereocenters. The van der Waals surface area contributed by atoms with Gasteiger partial charge in [-0.25, -0.2) is 9.67 Å². The number of carbonyl (C=O) groups excluding carboxylic acids is 1. The zero-order valence-corrected chi connectivity index (χ0v) is 13.4. The van der Waals surface area contributed by atoms with E-state index in [1.54, 1.807) is 24.9 Å². The van der Waals surface area contributed by atoms with Crippen LogP contribution in [0.2, 0.25) is 0 Å². The Balaban J connectivity index is 2.28. The maximum Gasteiger partial charge on any atom is 0.308 e. The van der Waals surface area contributed by atoms with Gasteiger partial charge in [0.05, 0.1) is 23.4 Å². The van der Waals surface area contributed by atoms with E-state index >= 15 is 0 Å². The first-order chi connectivity index (χ1) is 11.0. The van der Waals surface area contributed by atoms with Crippen molar-refractivity contribution in [2.75, 3.05) is 13.6 Å². The number of rotatable bonds is 6. The number of amides is 1. The molecular weight excluding hydrogens is 296 g/mol.